The van der Waals surface area contributed by atoms with E-state index in [1.54, 1.807) is 0 Å². The third kappa shape index (κ3) is 2.85. The van der Waals surface area contributed by atoms with Gasteiger partial charge in [-0.3, -0.25) is 0 Å². The van der Waals surface area contributed by atoms with Gasteiger partial charge in [0.2, 0.25) is 5.92 Å². The van der Waals surface area contributed by atoms with Crippen molar-refractivity contribution in [2.24, 2.45) is 11.1 Å². The van der Waals surface area contributed by atoms with Crippen LogP contribution in [0.5, 0.6) is 0 Å². The van der Waals surface area contributed by atoms with Gasteiger partial charge in [-0.25, -0.2) is 13.9 Å². The van der Waals surface area contributed by atoms with Crippen LogP contribution in [0.15, 0.2) is 0 Å². The molecule has 1 aliphatic rings. The van der Waals surface area contributed by atoms with E-state index in [9.17, 15) is 17.2 Å². The van der Waals surface area contributed by atoms with Crippen LogP contribution < -0.4 is 5.14 Å². The van der Waals surface area contributed by atoms with E-state index in [1.807, 2.05) is 0 Å². The summed E-state index contributed by atoms with van der Waals surface area (Å²) in [5, 5.41) is 4.78. The van der Waals surface area contributed by atoms with Crippen molar-refractivity contribution >= 4 is 10.2 Å². The molecular formula is C6H12F2N2O2S. The van der Waals surface area contributed by atoms with Gasteiger partial charge in [-0.1, -0.05) is 0 Å². The van der Waals surface area contributed by atoms with Gasteiger partial charge < -0.3 is 0 Å². The molecule has 1 aliphatic carbocycles. The molecule has 0 unspecified atom stereocenters. The maximum absolute atomic E-state index is 12.3. The van der Waals surface area contributed by atoms with Gasteiger partial charge in [0, 0.05) is 26.4 Å². The van der Waals surface area contributed by atoms with Crippen LogP contribution in [0.1, 0.15) is 12.8 Å². The molecule has 0 heterocycles. The molecule has 4 nitrogen and oxygen atoms in total. The summed E-state index contributed by atoms with van der Waals surface area (Å²) in [5.41, 5.74) is 0. The molecule has 1 saturated carbocycles. The molecule has 0 aromatic heterocycles. The van der Waals surface area contributed by atoms with Crippen LogP contribution in [-0.4, -0.2) is 32.2 Å². The molecule has 0 aliphatic heterocycles. The van der Waals surface area contributed by atoms with Crippen molar-refractivity contribution < 1.29 is 17.2 Å². The second-order valence-electron chi connectivity index (χ2n) is 3.46. The van der Waals surface area contributed by atoms with Crippen molar-refractivity contribution in [1.29, 1.82) is 0 Å². The van der Waals surface area contributed by atoms with Crippen molar-refractivity contribution in [3.63, 3.8) is 0 Å². The maximum atomic E-state index is 12.3. The third-order valence-electron chi connectivity index (χ3n) is 2.12. The second kappa shape index (κ2) is 3.14. The molecule has 0 aromatic rings. The predicted molar refractivity (Wildman–Crippen MR) is 43.4 cm³/mol. The van der Waals surface area contributed by atoms with Crippen LogP contribution in [-0.2, 0) is 10.2 Å². The van der Waals surface area contributed by atoms with Crippen molar-refractivity contribution in [2.45, 2.75) is 18.8 Å². The Labute approximate surface area is 75.9 Å². The third-order valence-corrected chi connectivity index (χ3v) is 3.14. The first-order chi connectivity index (χ1) is 5.71. The number of rotatable bonds is 3. The summed E-state index contributed by atoms with van der Waals surface area (Å²) in [6.45, 7) is 0.0778. The Morgan fingerprint density at radius 1 is 1.54 bits per heavy atom. The standard InChI is InChI=1S/C6H12F2N2O2S/c1-10(13(9,11)12)4-5-2-6(7,8)3-5/h5H,2-4H2,1H3,(H2,9,11,12). The van der Waals surface area contributed by atoms with Crippen molar-refractivity contribution in [3.8, 4) is 0 Å². The molecule has 1 fully saturated rings. The van der Waals surface area contributed by atoms with E-state index >= 15 is 0 Å². The highest BCUT2D eigenvalue weighted by Crippen LogP contribution is 2.42. The first kappa shape index (κ1) is 10.8. The van der Waals surface area contributed by atoms with Crippen LogP contribution in [0, 0.1) is 5.92 Å². The molecule has 78 valence electrons. The zero-order chi connectivity index (χ0) is 10.3. The van der Waals surface area contributed by atoms with Crippen LogP contribution in [0.25, 0.3) is 0 Å². The lowest BCUT2D eigenvalue weighted by Crippen LogP contribution is -2.44. The molecule has 0 aromatic carbocycles. The Balaban J connectivity index is 2.37. The lowest BCUT2D eigenvalue weighted by atomic mass is 9.81. The average Bonchev–Trinajstić information content (AvgIpc) is 1.80. The normalized spacial score (nSPS) is 23.2. The van der Waals surface area contributed by atoms with Gasteiger partial charge in [-0.15, -0.1) is 0 Å². The molecular weight excluding hydrogens is 202 g/mol. The minimum absolute atomic E-state index is 0.0778. The highest BCUT2D eigenvalue weighted by Gasteiger charge is 2.45. The molecule has 7 heteroatoms. The number of nitrogens with two attached hydrogens (primary N) is 1. The first-order valence-corrected chi connectivity index (χ1v) is 5.33. The highest BCUT2D eigenvalue weighted by molar-refractivity contribution is 7.86. The summed E-state index contributed by atoms with van der Waals surface area (Å²) in [6, 6.07) is 0. The minimum atomic E-state index is -3.72. The lowest BCUT2D eigenvalue weighted by Gasteiger charge is -2.36. The predicted octanol–water partition coefficient (Wildman–Crippen LogP) is 0.167. The fourth-order valence-corrected chi connectivity index (χ4v) is 1.80. The lowest BCUT2D eigenvalue weighted by molar-refractivity contribution is -0.112. The average molecular weight is 214 g/mol. The second-order valence-corrected chi connectivity index (χ2v) is 5.11. The zero-order valence-corrected chi connectivity index (χ0v) is 8.02. The van der Waals surface area contributed by atoms with E-state index in [4.69, 9.17) is 5.14 Å². The summed E-state index contributed by atoms with van der Waals surface area (Å²) in [7, 11) is -2.44. The van der Waals surface area contributed by atoms with Crippen LogP contribution in [0.2, 0.25) is 0 Å². The van der Waals surface area contributed by atoms with E-state index in [2.05, 4.69) is 0 Å². The molecule has 0 spiro atoms. The van der Waals surface area contributed by atoms with E-state index < -0.39 is 16.1 Å². The molecule has 13 heavy (non-hydrogen) atoms. The zero-order valence-electron chi connectivity index (χ0n) is 7.20. The van der Waals surface area contributed by atoms with Gasteiger partial charge in [0.1, 0.15) is 0 Å². The summed E-state index contributed by atoms with van der Waals surface area (Å²) in [4.78, 5) is 0. The van der Waals surface area contributed by atoms with Gasteiger partial charge in [0.05, 0.1) is 0 Å². The fourth-order valence-electron chi connectivity index (χ4n) is 1.38. The molecule has 0 saturated heterocycles. The van der Waals surface area contributed by atoms with E-state index in [1.165, 1.54) is 7.05 Å². The minimum Gasteiger partial charge on any atom is -0.216 e. The van der Waals surface area contributed by atoms with Crippen LogP contribution in [0.4, 0.5) is 8.78 Å². The molecule has 0 amide bonds. The Hall–Kier alpha value is -0.270. The Morgan fingerprint density at radius 3 is 2.31 bits per heavy atom. The van der Waals surface area contributed by atoms with Gasteiger partial charge in [-0.05, 0) is 5.92 Å². The molecule has 0 bridgehead atoms. The molecule has 1 rings (SSSR count). The quantitative estimate of drug-likeness (QED) is 0.727. The topological polar surface area (TPSA) is 63.4 Å². The Kier molecular flexibility index (Phi) is 2.61. The van der Waals surface area contributed by atoms with Gasteiger partial charge >= 0.3 is 0 Å². The van der Waals surface area contributed by atoms with E-state index in [-0.39, 0.29) is 25.3 Å². The van der Waals surface area contributed by atoms with E-state index in [0.717, 1.165) is 4.31 Å². The number of halogens is 2. The molecule has 0 atom stereocenters. The summed E-state index contributed by atoms with van der Waals surface area (Å²) in [5.74, 6) is -2.87. The number of hydrogen-bond acceptors (Lipinski definition) is 2. The van der Waals surface area contributed by atoms with Crippen LogP contribution >= 0.6 is 0 Å². The van der Waals surface area contributed by atoms with Crippen molar-refractivity contribution in [3.05, 3.63) is 0 Å². The highest BCUT2D eigenvalue weighted by atomic mass is 32.2. The molecule has 2 N–H and O–H groups in total. The maximum Gasteiger partial charge on any atom is 0.276 e. The Morgan fingerprint density at radius 2 is 2.00 bits per heavy atom. The molecule has 0 radical (unpaired) electrons. The van der Waals surface area contributed by atoms with Crippen molar-refractivity contribution in [1.82, 2.24) is 4.31 Å². The number of alkyl halides is 2. The Bertz CT molecular complexity index is 283. The smallest absolute Gasteiger partial charge is 0.216 e. The monoisotopic (exact) mass is 214 g/mol. The number of nitrogens with zero attached hydrogens (tertiary/aromatic N) is 1. The SMILES string of the molecule is CN(CC1CC(F)(F)C1)S(N)(=O)=O. The van der Waals surface area contributed by atoms with Gasteiger partial charge in [-0.2, -0.15) is 12.7 Å². The summed E-state index contributed by atoms with van der Waals surface area (Å²) < 4.78 is 46.9. The van der Waals surface area contributed by atoms with Crippen LogP contribution in [0.3, 0.4) is 0 Å². The summed E-state index contributed by atoms with van der Waals surface area (Å²) in [6.07, 6.45) is -0.486. The largest absolute Gasteiger partial charge is 0.276 e. The van der Waals surface area contributed by atoms with Gasteiger partial charge in [0.25, 0.3) is 10.2 Å². The van der Waals surface area contributed by atoms with Gasteiger partial charge in [0.15, 0.2) is 0 Å². The van der Waals surface area contributed by atoms with E-state index in [0.29, 0.717) is 0 Å². The fraction of sp³-hybridized carbons (Fsp3) is 1.00. The number of hydrogen-bond donors (Lipinski definition) is 1. The first-order valence-electron chi connectivity index (χ1n) is 3.82. The van der Waals surface area contributed by atoms with Crippen molar-refractivity contribution in [2.75, 3.05) is 13.6 Å². The summed E-state index contributed by atoms with van der Waals surface area (Å²) >= 11 is 0.